The average molecular weight is 493 g/mol. The lowest BCUT2D eigenvalue weighted by Crippen LogP contribution is -2.81. The van der Waals surface area contributed by atoms with Crippen molar-refractivity contribution in [1.82, 2.24) is 4.90 Å². The molecule has 186 valence electrons. The zero-order valence-corrected chi connectivity index (χ0v) is 21.1. The number of halogens is 1. The number of benzene rings is 1. The first-order chi connectivity index (χ1) is 15.7. The van der Waals surface area contributed by atoms with Crippen LogP contribution in [-0.2, 0) is 24.5 Å². The van der Waals surface area contributed by atoms with Crippen LogP contribution in [0.1, 0.15) is 32.3 Å². The minimum absolute atomic E-state index is 0. The fourth-order valence-corrected chi connectivity index (χ4v) is 7.68. The molecule has 0 radical (unpaired) electrons. The van der Waals surface area contributed by atoms with Gasteiger partial charge in [0.15, 0.2) is 6.10 Å². The number of anilines is 1. The van der Waals surface area contributed by atoms with Gasteiger partial charge in [-0.1, -0.05) is 25.1 Å². The molecular weight excluding hydrogens is 460 g/mol. The lowest BCUT2D eigenvalue weighted by atomic mass is 9.47. The molecule has 1 saturated carbocycles. The number of methoxy groups -OCH3 is 2. The lowest BCUT2D eigenvalue weighted by Gasteiger charge is -2.63. The van der Waals surface area contributed by atoms with E-state index >= 15 is 0 Å². The number of hydrogen-bond donors (Lipinski definition) is 1. The van der Waals surface area contributed by atoms with Crippen molar-refractivity contribution in [3.05, 3.63) is 35.9 Å². The highest BCUT2D eigenvalue weighted by Gasteiger charge is 2.80. The fraction of sp³-hybridized carbons (Fsp3) is 0.600. The SMILES string of the molecule is CC[C@]12C=CCN3CC[C@@]4(c5ccc(OC)cc5N(C)C4[C@@](O)(C(=O)OC)[C@@H]1OC(C)=O)C32.Cl. The normalized spacial score (nSPS) is 37.2. The maximum absolute atomic E-state index is 13.5. The average Bonchev–Trinajstić information content (AvgIpc) is 3.32. The highest BCUT2D eigenvalue weighted by molar-refractivity contribution is 5.87. The smallest absolute Gasteiger partial charge is 0.344 e. The number of hydrogen-bond acceptors (Lipinski definition) is 8. The molecule has 5 rings (SSSR count). The molecule has 1 spiro atoms. The molecule has 34 heavy (non-hydrogen) atoms. The second-order valence-electron chi connectivity index (χ2n) is 9.76. The second-order valence-corrected chi connectivity index (χ2v) is 9.76. The van der Waals surface area contributed by atoms with Gasteiger partial charge in [0.25, 0.3) is 0 Å². The van der Waals surface area contributed by atoms with Gasteiger partial charge < -0.3 is 24.2 Å². The van der Waals surface area contributed by atoms with Crippen LogP contribution in [0.4, 0.5) is 5.69 Å². The minimum atomic E-state index is -2.08. The predicted molar refractivity (Wildman–Crippen MR) is 128 cm³/mol. The molecule has 6 atom stereocenters. The van der Waals surface area contributed by atoms with Crippen LogP contribution in [0.25, 0.3) is 0 Å². The van der Waals surface area contributed by atoms with Crippen LogP contribution in [-0.4, -0.2) is 80.1 Å². The molecule has 1 saturated heterocycles. The summed E-state index contributed by atoms with van der Waals surface area (Å²) in [5.41, 5.74) is -1.41. The summed E-state index contributed by atoms with van der Waals surface area (Å²) >= 11 is 0. The van der Waals surface area contributed by atoms with E-state index in [2.05, 4.69) is 23.1 Å². The number of nitrogens with zero attached hydrogens (tertiary/aromatic N) is 2. The number of rotatable bonds is 4. The first kappa shape index (κ1) is 24.8. The summed E-state index contributed by atoms with van der Waals surface area (Å²) in [6.07, 6.45) is 4.40. The number of likely N-dealkylation sites (N-methyl/N-ethyl adjacent to an activating group) is 1. The number of fused-ring (bicyclic) bond motifs is 1. The third kappa shape index (κ3) is 2.73. The van der Waals surface area contributed by atoms with Crippen LogP contribution >= 0.6 is 12.4 Å². The highest BCUT2D eigenvalue weighted by atomic mass is 35.5. The van der Waals surface area contributed by atoms with Crippen molar-refractivity contribution < 1.29 is 28.9 Å². The summed E-state index contributed by atoms with van der Waals surface area (Å²) in [6, 6.07) is 5.22. The molecule has 0 aromatic heterocycles. The highest BCUT2D eigenvalue weighted by Crippen LogP contribution is 2.67. The van der Waals surface area contributed by atoms with E-state index in [1.807, 2.05) is 31.0 Å². The molecule has 2 unspecified atom stereocenters. The molecule has 3 aliphatic heterocycles. The van der Waals surface area contributed by atoms with Crippen LogP contribution < -0.4 is 9.64 Å². The van der Waals surface area contributed by atoms with Crippen molar-refractivity contribution in [2.24, 2.45) is 5.41 Å². The summed E-state index contributed by atoms with van der Waals surface area (Å²) < 4.78 is 16.6. The summed E-state index contributed by atoms with van der Waals surface area (Å²) in [5, 5.41) is 12.5. The largest absolute Gasteiger partial charge is 0.497 e. The lowest BCUT2D eigenvalue weighted by molar-refractivity contribution is -0.228. The maximum Gasteiger partial charge on any atom is 0.344 e. The second kappa shape index (κ2) is 8.14. The first-order valence-corrected chi connectivity index (χ1v) is 11.5. The summed E-state index contributed by atoms with van der Waals surface area (Å²) in [7, 11) is 4.77. The summed E-state index contributed by atoms with van der Waals surface area (Å²) in [6.45, 7) is 4.94. The third-order valence-corrected chi connectivity index (χ3v) is 8.62. The van der Waals surface area contributed by atoms with E-state index in [0.717, 1.165) is 30.8 Å². The van der Waals surface area contributed by atoms with Crippen LogP contribution in [0.3, 0.4) is 0 Å². The molecule has 4 aliphatic rings. The van der Waals surface area contributed by atoms with Crippen LogP contribution in [0, 0.1) is 5.41 Å². The summed E-state index contributed by atoms with van der Waals surface area (Å²) in [5.74, 6) is -0.617. The zero-order chi connectivity index (χ0) is 23.8. The van der Waals surface area contributed by atoms with Gasteiger partial charge in [-0.05, 0) is 31.0 Å². The third-order valence-electron chi connectivity index (χ3n) is 8.62. The van der Waals surface area contributed by atoms with Crippen molar-refractivity contribution in [3.63, 3.8) is 0 Å². The van der Waals surface area contributed by atoms with E-state index in [1.165, 1.54) is 14.0 Å². The van der Waals surface area contributed by atoms with E-state index < -0.39 is 40.5 Å². The molecule has 0 amide bonds. The van der Waals surface area contributed by atoms with Crippen molar-refractivity contribution in [2.75, 3.05) is 39.3 Å². The molecule has 1 aliphatic carbocycles. The molecule has 8 nitrogen and oxygen atoms in total. The quantitative estimate of drug-likeness (QED) is 0.505. The maximum atomic E-state index is 13.5. The number of aliphatic hydroxyl groups is 1. The van der Waals surface area contributed by atoms with Gasteiger partial charge in [0, 0.05) is 49.1 Å². The molecular formula is C25H33ClN2O6. The molecule has 0 bridgehead atoms. The van der Waals surface area contributed by atoms with E-state index in [9.17, 15) is 14.7 Å². The topological polar surface area (TPSA) is 88.5 Å². The Balaban J connectivity index is 0.00000274. The van der Waals surface area contributed by atoms with Crippen molar-refractivity contribution in [1.29, 1.82) is 0 Å². The van der Waals surface area contributed by atoms with Gasteiger partial charge in [0.05, 0.1) is 20.3 Å². The Morgan fingerprint density at radius 2 is 1.97 bits per heavy atom. The zero-order valence-electron chi connectivity index (χ0n) is 20.2. The molecule has 2 fully saturated rings. The Labute approximate surface area is 206 Å². The van der Waals surface area contributed by atoms with Crippen LogP contribution in [0.15, 0.2) is 30.4 Å². The standard InChI is InChI=1S/C25H32N2O6.ClH/c1-6-23-10-7-12-27-13-11-24(19(23)27)17-9-8-16(31-4)14-18(17)26(3)20(24)25(30,22(29)32-5)21(23)33-15(2)28;/h7-10,14,19-21,30H,6,11-13H2,1-5H3;1H/t19?,20?,21-,23-,24-,25+;/m1./s1. The van der Waals surface area contributed by atoms with E-state index in [-0.39, 0.29) is 18.4 Å². The van der Waals surface area contributed by atoms with E-state index in [1.54, 1.807) is 7.11 Å². The Kier molecular flexibility index (Phi) is 5.94. The van der Waals surface area contributed by atoms with Crippen molar-refractivity contribution in [2.45, 2.75) is 55.9 Å². The van der Waals surface area contributed by atoms with E-state index in [0.29, 0.717) is 12.2 Å². The van der Waals surface area contributed by atoms with Gasteiger partial charge in [-0.15, -0.1) is 12.4 Å². The Morgan fingerprint density at radius 3 is 2.59 bits per heavy atom. The van der Waals surface area contributed by atoms with E-state index in [4.69, 9.17) is 14.2 Å². The van der Waals surface area contributed by atoms with Gasteiger partial charge in [0.2, 0.25) is 5.60 Å². The predicted octanol–water partition coefficient (Wildman–Crippen LogP) is 2.06. The van der Waals surface area contributed by atoms with Gasteiger partial charge in [0.1, 0.15) is 5.75 Å². The van der Waals surface area contributed by atoms with Crippen molar-refractivity contribution >= 4 is 30.0 Å². The van der Waals surface area contributed by atoms with Gasteiger partial charge in [-0.25, -0.2) is 4.79 Å². The number of carbonyl (C=O) groups is 2. The van der Waals surface area contributed by atoms with Gasteiger partial charge in [-0.3, -0.25) is 9.69 Å². The Hall–Kier alpha value is -2.29. The van der Waals surface area contributed by atoms with Crippen molar-refractivity contribution in [3.8, 4) is 5.75 Å². The molecule has 9 heteroatoms. The number of carbonyl (C=O) groups excluding carboxylic acids is 2. The van der Waals surface area contributed by atoms with Crippen LogP contribution in [0.5, 0.6) is 5.75 Å². The Morgan fingerprint density at radius 1 is 1.24 bits per heavy atom. The molecule has 1 N–H and O–H groups in total. The summed E-state index contributed by atoms with van der Waals surface area (Å²) in [4.78, 5) is 30.2. The molecule has 1 aromatic carbocycles. The Bertz CT molecular complexity index is 1050. The number of esters is 2. The van der Waals surface area contributed by atoms with Crippen LogP contribution in [0.2, 0.25) is 0 Å². The first-order valence-electron chi connectivity index (χ1n) is 11.5. The number of ether oxygens (including phenoxy) is 3. The van der Waals surface area contributed by atoms with Gasteiger partial charge >= 0.3 is 11.9 Å². The molecule has 1 aromatic rings. The fourth-order valence-electron chi connectivity index (χ4n) is 7.68. The minimum Gasteiger partial charge on any atom is -0.497 e. The monoisotopic (exact) mass is 492 g/mol. The molecule has 3 heterocycles. The van der Waals surface area contributed by atoms with Gasteiger partial charge in [-0.2, -0.15) is 0 Å².